The van der Waals surface area contributed by atoms with Crippen molar-refractivity contribution < 1.29 is 9.53 Å². The first-order chi connectivity index (χ1) is 7.06. The highest BCUT2D eigenvalue weighted by atomic mass is 79.9. The topological polar surface area (TPSA) is 65.2 Å². The number of pyridine rings is 1. The quantitative estimate of drug-likeness (QED) is 0.800. The van der Waals surface area contributed by atoms with Gasteiger partial charge in [-0.25, -0.2) is 9.78 Å². The van der Waals surface area contributed by atoms with Crippen molar-refractivity contribution in [1.82, 2.24) is 4.98 Å². The average Bonchev–Trinajstić information content (AvgIpc) is 2.25. The molecule has 0 aromatic carbocycles. The molecule has 0 bridgehead atoms. The molecule has 2 N–H and O–H groups in total. The van der Waals surface area contributed by atoms with Gasteiger partial charge in [0.05, 0.1) is 18.5 Å². The number of rotatable bonds is 1. The molecule has 0 radical (unpaired) electrons. The molecule has 0 fully saturated rings. The van der Waals surface area contributed by atoms with Gasteiger partial charge in [0, 0.05) is 4.47 Å². The minimum atomic E-state index is -0.520. The molecule has 84 valence electrons. The molecule has 15 heavy (non-hydrogen) atoms. The fraction of sp³-hybridized carbons (Fsp3) is 0.400. The Kier molecular flexibility index (Phi) is 5.93. The maximum atomic E-state index is 11.1. The van der Waals surface area contributed by atoms with E-state index < -0.39 is 5.97 Å². The molecule has 1 rings (SSSR count). The maximum absolute atomic E-state index is 11.1. The molecule has 0 aliphatic heterocycles. The number of carbonyl (C=O) groups is 1. The van der Waals surface area contributed by atoms with E-state index in [2.05, 4.69) is 25.7 Å². The van der Waals surface area contributed by atoms with Gasteiger partial charge in [-0.3, -0.25) is 0 Å². The molecule has 0 saturated carbocycles. The van der Waals surface area contributed by atoms with Crippen molar-refractivity contribution in [1.29, 1.82) is 0 Å². The number of nitrogen functional groups attached to an aromatic ring is 1. The lowest BCUT2D eigenvalue weighted by atomic mass is 10.2. The zero-order valence-electron chi connectivity index (χ0n) is 9.30. The van der Waals surface area contributed by atoms with Crippen LogP contribution in [-0.4, -0.2) is 18.1 Å². The number of hydrogen-bond acceptors (Lipinski definition) is 4. The number of methoxy groups -OCH3 is 1. The summed E-state index contributed by atoms with van der Waals surface area (Å²) in [6, 6.07) is 1.63. The van der Waals surface area contributed by atoms with Crippen molar-refractivity contribution in [2.24, 2.45) is 0 Å². The van der Waals surface area contributed by atoms with Gasteiger partial charge in [-0.15, -0.1) is 0 Å². The minimum absolute atomic E-state index is 0.156. The summed E-state index contributed by atoms with van der Waals surface area (Å²) in [5.41, 5.74) is 6.74. The molecular formula is C10H15BrN2O2. The Morgan fingerprint density at radius 3 is 2.53 bits per heavy atom. The Morgan fingerprint density at radius 2 is 2.07 bits per heavy atom. The van der Waals surface area contributed by atoms with Crippen LogP contribution in [0.4, 0.5) is 5.69 Å². The molecule has 4 nitrogen and oxygen atoms in total. The monoisotopic (exact) mass is 274 g/mol. The maximum Gasteiger partial charge on any atom is 0.358 e. The number of anilines is 1. The first-order valence-corrected chi connectivity index (χ1v) is 5.36. The van der Waals surface area contributed by atoms with E-state index >= 15 is 0 Å². The molecule has 0 saturated heterocycles. The number of nitrogens with two attached hydrogens (primary N) is 1. The lowest BCUT2D eigenvalue weighted by molar-refractivity contribution is 0.0595. The van der Waals surface area contributed by atoms with E-state index in [0.29, 0.717) is 11.4 Å². The predicted molar refractivity (Wildman–Crippen MR) is 63.8 cm³/mol. The Balaban J connectivity index is 0.000000921. The van der Waals surface area contributed by atoms with Crippen LogP contribution in [0.15, 0.2) is 10.5 Å². The van der Waals surface area contributed by atoms with E-state index in [4.69, 9.17) is 5.73 Å². The number of hydrogen-bond donors (Lipinski definition) is 1. The summed E-state index contributed by atoms with van der Waals surface area (Å²) in [6.45, 7) is 5.77. The first-order valence-electron chi connectivity index (χ1n) is 4.57. The number of nitrogens with zero attached hydrogens (tertiary/aromatic N) is 1. The van der Waals surface area contributed by atoms with Crippen LogP contribution in [0.25, 0.3) is 0 Å². The molecule has 0 unspecified atom stereocenters. The van der Waals surface area contributed by atoms with Crippen molar-refractivity contribution in [2.75, 3.05) is 12.8 Å². The number of aryl methyl sites for hydroxylation is 1. The molecule has 1 aromatic heterocycles. The smallest absolute Gasteiger partial charge is 0.358 e. The SMILES string of the molecule is CC.COC(=O)c1nc(C)c(Br)cc1N. The van der Waals surface area contributed by atoms with Gasteiger partial charge in [0.1, 0.15) is 0 Å². The normalized spacial score (nSPS) is 8.87. The molecular weight excluding hydrogens is 260 g/mol. The predicted octanol–water partition coefficient (Wildman–Crippen LogP) is 2.55. The van der Waals surface area contributed by atoms with E-state index in [-0.39, 0.29) is 5.69 Å². The largest absolute Gasteiger partial charge is 0.464 e. The molecule has 0 atom stereocenters. The van der Waals surface area contributed by atoms with E-state index in [9.17, 15) is 4.79 Å². The van der Waals surface area contributed by atoms with Crippen molar-refractivity contribution in [3.63, 3.8) is 0 Å². The third kappa shape index (κ3) is 3.51. The summed E-state index contributed by atoms with van der Waals surface area (Å²) in [6.07, 6.45) is 0. The zero-order valence-corrected chi connectivity index (χ0v) is 10.9. The fourth-order valence-corrected chi connectivity index (χ4v) is 1.19. The second kappa shape index (κ2) is 6.40. The van der Waals surface area contributed by atoms with E-state index in [1.807, 2.05) is 13.8 Å². The molecule has 0 amide bonds. The van der Waals surface area contributed by atoms with Crippen molar-refractivity contribution in [2.45, 2.75) is 20.8 Å². The van der Waals surface area contributed by atoms with Crippen molar-refractivity contribution in [3.05, 3.63) is 21.9 Å². The summed E-state index contributed by atoms with van der Waals surface area (Å²) in [5.74, 6) is -0.520. The van der Waals surface area contributed by atoms with E-state index in [0.717, 1.165) is 4.47 Å². The van der Waals surface area contributed by atoms with Crippen molar-refractivity contribution in [3.8, 4) is 0 Å². The van der Waals surface area contributed by atoms with Gasteiger partial charge < -0.3 is 10.5 Å². The number of halogens is 1. The van der Waals surface area contributed by atoms with Crippen LogP contribution in [0.5, 0.6) is 0 Å². The van der Waals surface area contributed by atoms with Crippen molar-refractivity contribution >= 4 is 27.6 Å². The van der Waals surface area contributed by atoms with Gasteiger partial charge in [-0.2, -0.15) is 0 Å². The van der Waals surface area contributed by atoms with Crippen LogP contribution in [0.3, 0.4) is 0 Å². The highest BCUT2D eigenvalue weighted by Gasteiger charge is 2.13. The molecule has 0 spiro atoms. The minimum Gasteiger partial charge on any atom is -0.464 e. The third-order valence-electron chi connectivity index (χ3n) is 1.56. The first kappa shape index (κ1) is 13.9. The van der Waals surface area contributed by atoms with Crippen LogP contribution in [0.1, 0.15) is 30.0 Å². The Hall–Kier alpha value is -1.10. The lowest BCUT2D eigenvalue weighted by Gasteiger charge is -2.05. The standard InChI is InChI=1S/C8H9BrN2O2.C2H6/c1-4-5(9)3-6(10)7(11-4)8(12)13-2;1-2/h3H,10H2,1-2H3;1-2H3. The van der Waals surface area contributed by atoms with E-state index in [1.165, 1.54) is 7.11 Å². The molecule has 0 aliphatic rings. The third-order valence-corrected chi connectivity index (χ3v) is 2.36. The fourth-order valence-electron chi connectivity index (χ4n) is 0.855. The van der Waals surface area contributed by atoms with Crippen LogP contribution >= 0.6 is 15.9 Å². The van der Waals surface area contributed by atoms with Gasteiger partial charge in [0.15, 0.2) is 5.69 Å². The summed E-state index contributed by atoms with van der Waals surface area (Å²) in [7, 11) is 1.29. The number of aromatic nitrogens is 1. The highest BCUT2D eigenvalue weighted by Crippen LogP contribution is 2.20. The second-order valence-corrected chi connectivity index (χ2v) is 3.34. The van der Waals surface area contributed by atoms with Crippen LogP contribution < -0.4 is 5.73 Å². The average molecular weight is 275 g/mol. The summed E-state index contributed by atoms with van der Waals surface area (Å²) < 4.78 is 5.29. The van der Waals surface area contributed by atoms with Crippen LogP contribution in [0, 0.1) is 6.92 Å². The summed E-state index contributed by atoms with van der Waals surface area (Å²) >= 11 is 3.26. The molecule has 1 heterocycles. The molecule has 5 heteroatoms. The number of ether oxygens (including phenoxy) is 1. The van der Waals surface area contributed by atoms with Gasteiger partial charge in [0.2, 0.25) is 0 Å². The zero-order chi connectivity index (χ0) is 12.0. The number of esters is 1. The van der Waals surface area contributed by atoms with Crippen LogP contribution in [-0.2, 0) is 4.74 Å². The Morgan fingerprint density at radius 1 is 1.53 bits per heavy atom. The molecule has 1 aromatic rings. The highest BCUT2D eigenvalue weighted by molar-refractivity contribution is 9.10. The van der Waals surface area contributed by atoms with Gasteiger partial charge in [-0.1, -0.05) is 13.8 Å². The lowest BCUT2D eigenvalue weighted by Crippen LogP contribution is -2.09. The summed E-state index contributed by atoms with van der Waals surface area (Å²) in [4.78, 5) is 15.1. The Bertz CT molecular complexity index is 354. The van der Waals surface area contributed by atoms with E-state index in [1.54, 1.807) is 13.0 Å². The Labute approximate surface area is 98.0 Å². The van der Waals surface area contributed by atoms with Crippen LogP contribution in [0.2, 0.25) is 0 Å². The summed E-state index contributed by atoms with van der Waals surface area (Å²) in [5, 5.41) is 0. The molecule has 0 aliphatic carbocycles. The van der Waals surface area contributed by atoms with Gasteiger partial charge in [-0.05, 0) is 28.9 Å². The van der Waals surface area contributed by atoms with Gasteiger partial charge >= 0.3 is 5.97 Å². The second-order valence-electron chi connectivity index (χ2n) is 2.49. The van der Waals surface area contributed by atoms with Gasteiger partial charge in [0.25, 0.3) is 0 Å². The number of carbonyl (C=O) groups excluding carboxylic acids is 1.